The van der Waals surface area contributed by atoms with Gasteiger partial charge in [0, 0.05) is 42.8 Å². The van der Waals surface area contributed by atoms with Gasteiger partial charge in [0.15, 0.2) is 11.5 Å². The fourth-order valence-corrected chi connectivity index (χ4v) is 7.17. The zero-order valence-corrected chi connectivity index (χ0v) is 30.3. The van der Waals surface area contributed by atoms with Crippen LogP contribution in [0.25, 0.3) is 33.9 Å². The predicted octanol–water partition coefficient (Wildman–Crippen LogP) is 8.44. The van der Waals surface area contributed by atoms with Gasteiger partial charge in [0.2, 0.25) is 5.69 Å². The van der Waals surface area contributed by atoms with Crippen LogP contribution in [0.15, 0.2) is 158 Å². The van der Waals surface area contributed by atoms with E-state index in [2.05, 4.69) is 148 Å². The van der Waals surface area contributed by atoms with Crippen LogP contribution in [0.5, 0.6) is 0 Å². The maximum absolute atomic E-state index is 12.2. The summed E-state index contributed by atoms with van der Waals surface area (Å²) in [5, 5.41) is 29.9. The smallest absolute Gasteiger partial charge is 0.218 e. The van der Waals surface area contributed by atoms with Gasteiger partial charge >= 0.3 is 0 Å². The molecule has 3 aromatic heterocycles. The summed E-state index contributed by atoms with van der Waals surface area (Å²) < 4.78 is 4.14. The van der Waals surface area contributed by atoms with Crippen LogP contribution in [0.2, 0.25) is 0 Å². The second kappa shape index (κ2) is 15.1. The highest BCUT2D eigenvalue weighted by molar-refractivity contribution is 5.68. The summed E-state index contributed by atoms with van der Waals surface area (Å²) in [5.74, 6) is 1.66. The third kappa shape index (κ3) is 6.56. The second-order valence-corrected chi connectivity index (χ2v) is 13.5. The molecule has 9 heteroatoms. The lowest BCUT2D eigenvalue weighted by Gasteiger charge is -2.36. The van der Waals surface area contributed by atoms with E-state index in [4.69, 9.17) is 10.2 Å². The summed E-state index contributed by atoms with van der Waals surface area (Å²) in [6.07, 6.45) is 4.97. The van der Waals surface area contributed by atoms with Gasteiger partial charge in [-0.2, -0.15) is 0 Å². The molecule has 0 aliphatic rings. The number of hydrogen-bond acceptors (Lipinski definition) is 6. The van der Waals surface area contributed by atoms with E-state index < -0.39 is 5.54 Å². The summed E-state index contributed by atoms with van der Waals surface area (Å²) in [4.78, 5) is 5.54. The molecule has 0 spiro atoms. The summed E-state index contributed by atoms with van der Waals surface area (Å²) in [5.41, 5.74) is 8.45. The highest BCUT2D eigenvalue weighted by atomic mass is 16.5. The molecule has 8 aromatic rings. The van der Waals surface area contributed by atoms with Gasteiger partial charge in [0.1, 0.15) is 17.1 Å². The molecule has 0 fully saturated rings. The molecule has 0 saturated heterocycles. The molecule has 0 bridgehead atoms. The molecule has 0 N–H and O–H groups in total. The van der Waals surface area contributed by atoms with E-state index in [-0.39, 0.29) is 0 Å². The van der Waals surface area contributed by atoms with Crippen molar-refractivity contribution < 1.29 is 4.85 Å². The normalized spacial score (nSPS) is 11.5. The van der Waals surface area contributed by atoms with Gasteiger partial charge in [0.25, 0.3) is 0 Å². The Kier molecular flexibility index (Phi) is 9.60. The van der Waals surface area contributed by atoms with Crippen LogP contribution in [-0.4, -0.2) is 34.9 Å². The van der Waals surface area contributed by atoms with Crippen molar-refractivity contribution in [1.29, 1.82) is 0 Å². The molecular weight excluding hydrogens is 669 g/mol. The third-order valence-electron chi connectivity index (χ3n) is 10.0. The van der Waals surface area contributed by atoms with Crippen molar-refractivity contribution in [2.24, 2.45) is 0 Å². The van der Waals surface area contributed by atoms with Crippen LogP contribution in [-0.2, 0) is 18.5 Å². The number of imidazole rings is 1. The molecule has 9 nitrogen and oxygen atoms in total. The first-order valence-corrected chi connectivity index (χ1v) is 18.3. The van der Waals surface area contributed by atoms with E-state index in [0.29, 0.717) is 34.3 Å². The Labute approximate surface area is 314 Å². The van der Waals surface area contributed by atoms with E-state index in [1.807, 2.05) is 35.1 Å². The molecular formula is C45H40N8O. The number of benzene rings is 5. The van der Waals surface area contributed by atoms with Crippen LogP contribution < -0.4 is 4.85 Å². The van der Waals surface area contributed by atoms with Crippen molar-refractivity contribution >= 4 is 0 Å². The largest absolute Gasteiger partial charge is 0.594 e. The van der Waals surface area contributed by atoms with E-state index in [0.717, 1.165) is 64.0 Å². The highest BCUT2D eigenvalue weighted by Gasteiger charge is 2.41. The average Bonchev–Trinajstić information content (AvgIpc) is 3.88. The lowest BCUT2D eigenvalue weighted by Crippen LogP contribution is -2.39. The maximum Gasteiger partial charge on any atom is 0.218 e. The van der Waals surface area contributed by atoms with E-state index >= 15 is 0 Å². The van der Waals surface area contributed by atoms with E-state index in [1.54, 1.807) is 13.0 Å². The van der Waals surface area contributed by atoms with Crippen LogP contribution in [0.4, 0.5) is 0 Å². The molecule has 3 heterocycles. The predicted molar refractivity (Wildman–Crippen MR) is 210 cm³/mol. The molecule has 0 unspecified atom stereocenters. The Morgan fingerprint density at radius 3 is 1.76 bits per heavy atom. The molecule has 266 valence electrons. The van der Waals surface area contributed by atoms with Gasteiger partial charge < -0.3 is 9.77 Å². The Hall–Kier alpha value is -6.74. The minimum atomic E-state index is -0.821. The van der Waals surface area contributed by atoms with Gasteiger partial charge in [-0.25, -0.2) is 9.67 Å². The highest BCUT2D eigenvalue weighted by Crippen LogP contribution is 2.42. The number of hydrogen-bond donors (Lipinski definition) is 0. The Morgan fingerprint density at radius 2 is 1.20 bits per heavy atom. The van der Waals surface area contributed by atoms with Crippen molar-refractivity contribution in [3.63, 3.8) is 0 Å². The number of tetrazole rings is 1. The number of aromatic nitrogens is 8. The quantitative estimate of drug-likeness (QED) is 0.0718. The van der Waals surface area contributed by atoms with Crippen LogP contribution in [0, 0.1) is 12.1 Å². The standard InChI is InChI=1S/C45H40N8O/c1-3-4-20-43-46-42(41-30-21-33(2)53(54)48-41)32-51(43)31-34-22-24-35(25-23-34)36-26-28-37(29-27-36)44-47-49-50-52(44)45(38-14-8-5-9-15-38,39-16-10-6-11-17-39)40-18-12-7-13-19-40/h5-19,21-30,32H,3-4,20,31H2,1-2H3. The Balaban J connectivity index is 1.10. The van der Waals surface area contributed by atoms with Crippen molar-refractivity contribution in [1.82, 2.24) is 34.9 Å². The van der Waals surface area contributed by atoms with Gasteiger partial charge in [-0.3, -0.25) is 0 Å². The number of aryl methyl sites for hydroxylation is 2. The van der Waals surface area contributed by atoms with Gasteiger partial charge in [0.05, 0.1) is 0 Å². The summed E-state index contributed by atoms with van der Waals surface area (Å²) in [6, 6.07) is 52.0. The molecule has 0 aliphatic carbocycles. The number of rotatable bonds is 12. The Bertz CT molecular complexity index is 2360. The molecule has 0 radical (unpaired) electrons. The minimum Gasteiger partial charge on any atom is -0.594 e. The first kappa shape index (κ1) is 34.4. The fourth-order valence-electron chi connectivity index (χ4n) is 7.17. The Morgan fingerprint density at radius 1 is 0.648 bits per heavy atom. The molecule has 5 aromatic carbocycles. The molecule has 0 amide bonds. The summed E-state index contributed by atoms with van der Waals surface area (Å²) in [7, 11) is 0. The number of unbranched alkanes of at least 4 members (excludes halogenated alkanes) is 1. The van der Waals surface area contributed by atoms with Crippen molar-refractivity contribution in [2.45, 2.75) is 45.2 Å². The maximum atomic E-state index is 12.2. The van der Waals surface area contributed by atoms with Gasteiger partial charge in [-0.15, -0.1) is 5.10 Å². The van der Waals surface area contributed by atoms with Crippen molar-refractivity contribution in [2.75, 3.05) is 0 Å². The first-order chi connectivity index (χ1) is 26.5. The monoisotopic (exact) mass is 708 g/mol. The fraction of sp³-hybridized carbons (Fsp3) is 0.156. The second-order valence-electron chi connectivity index (χ2n) is 13.5. The summed E-state index contributed by atoms with van der Waals surface area (Å²) in [6.45, 7) is 4.59. The molecule has 0 saturated carbocycles. The zero-order valence-electron chi connectivity index (χ0n) is 30.3. The topological polar surface area (TPSA) is 101 Å². The average molecular weight is 709 g/mol. The summed E-state index contributed by atoms with van der Waals surface area (Å²) >= 11 is 0. The van der Waals surface area contributed by atoms with Gasteiger partial charge in [-0.1, -0.05) is 158 Å². The van der Waals surface area contributed by atoms with Crippen LogP contribution in [0.3, 0.4) is 0 Å². The van der Waals surface area contributed by atoms with E-state index in [9.17, 15) is 5.21 Å². The lowest BCUT2D eigenvalue weighted by molar-refractivity contribution is -0.674. The van der Waals surface area contributed by atoms with Gasteiger partial charge in [-0.05, 0) is 56.3 Å². The number of nitrogens with zero attached hydrogens (tertiary/aromatic N) is 8. The first-order valence-electron chi connectivity index (χ1n) is 18.3. The molecule has 0 aliphatic heterocycles. The van der Waals surface area contributed by atoms with Crippen LogP contribution in [0.1, 0.15) is 53.5 Å². The SMILES string of the molecule is CCCCc1nc(-c2ccc(C)[n+]([O-])n2)cn1Cc1ccc(-c2ccc(-c3nnnn3C(c3ccccc3)(c3ccccc3)c3ccccc3)cc2)cc1. The minimum absolute atomic E-state index is 0.551. The zero-order chi connectivity index (χ0) is 36.9. The molecule has 8 rings (SSSR count). The van der Waals surface area contributed by atoms with E-state index in [1.165, 1.54) is 0 Å². The van der Waals surface area contributed by atoms with Crippen molar-refractivity contribution in [3.8, 4) is 33.9 Å². The van der Waals surface area contributed by atoms with Crippen LogP contribution >= 0.6 is 0 Å². The lowest BCUT2D eigenvalue weighted by atomic mass is 9.77. The third-order valence-corrected chi connectivity index (χ3v) is 10.0. The van der Waals surface area contributed by atoms with Crippen molar-refractivity contribution in [3.05, 3.63) is 197 Å². The molecule has 54 heavy (non-hydrogen) atoms. The molecule has 0 atom stereocenters.